The average Bonchev–Trinajstić information content (AvgIpc) is 3.05. The first-order chi connectivity index (χ1) is 12.8. The average molecular weight is 371 g/mol. The molecule has 10 nitrogen and oxygen atoms in total. The third kappa shape index (κ3) is 3.12. The molecular formula is C17H17N5O5. The summed E-state index contributed by atoms with van der Waals surface area (Å²) in [6, 6.07) is 6.27. The van der Waals surface area contributed by atoms with Crippen LogP contribution in [0.4, 0.5) is 5.69 Å². The largest absolute Gasteiger partial charge is 0.465 e. The zero-order valence-corrected chi connectivity index (χ0v) is 14.9. The molecule has 27 heavy (non-hydrogen) atoms. The minimum Gasteiger partial charge on any atom is -0.465 e. The highest BCUT2D eigenvalue weighted by Gasteiger charge is 2.18. The number of nitrogens with zero attached hydrogens (tertiary/aromatic N) is 4. The number of imidazole rings is 1. The summed E-state index contributed by atoms with van der Waals surface area (Å²) >= 11 is 0. The summed E-state index contributed by atoms with van der Waals surface area (Å²) < 4.78 is 8.18. The highest BCUT2D eigenvalue weighted by Crippen LogP contribution is 2.16. The van der Waals surface area contributed by atoms with Crippen molar-refractivity contribution < 1.29 is 14.3 Å². The molecule has 140 valence electrons. The van der Waals surface area contributed by atoms with Crippen LogP contribution in [0.3, 0.4) is 0 Å². The number of carbonyl (C=O) groups excluding carboxylic acids is 2. The summed E-state index contributed by atoms with van der Waals surface area (Å²) in [6.45, 7) is -0.512. The molecule has 0 bridgehead atoms. The van der Waals surface area contributed by atoms with Gasteiger partial charge in [0.25, 0.3) is 5.56 Å². The van der Waals surface area contributed by atoms with E-state index in [0.717, 1.165) is 4.57 Å². The van der Waals surface area contributed by atoms with Crippen LogP contribution in [0, 0.1) is 0 Å². The van der Waals surface area contributed by atoms with Gasteiger partial charge in [0, 0.05) is 14.1 Å². The van der Waals surface area contributed by atoms with E-state index in [1.807, 2.05) is 0 Å². The topological polar surface area (TPSA) is 117 Å². The summed E-state index contributed by atoms with van der Waals surface area (Å²) in [6.07, 6.45) is 1.42. The SMILES string of the molecule is COC(=O)c1ccccc1NC(=O)Cn1c(=O)c2c(ncn2C)n(C)c1=O. The minimum atomic E-state index is -0.664. The summed E-state index contributed by atoms with van der Waals surface area (Å²) in [5.41, 5.74) is -0.455. The molecule has 0 spiro atoms. The number of rotatable bonds is 4. The Morgan fingerprint density at radius 1 is 1.19 bits per heavy atom. The van der Waals surface area contributed by atoms with Crippen LogP contribution in [-0.2, 0) is 30.2 Å². The van der Waals surface area contributed by atoms with Gasteiger partial charge in [0.2, 0.25) is 5.91 Å². The number of fused-ring (bicyclic) bond motifs is 1. The summed E-state index contributed by atoms with van der Waals surface area (Å²) in [5, 5.41) is 2.53. The van der Waals surface area contributed by atoms with E-state index in [1.165, 1.54) is 41.8 Å². The second-order valence-corrected chi connectivity index (χ2v) is 5.85. The van der Waals surface area contributed by atoms with Crippen molar-refractivity contribution in [2.45, 2.75) is 6.54 Å². The molecule has 0 saturated heterocycles. The first-order valence-electron chi connectivity index (χ1n) is 7.93. The lowest BCUT2D eigenvalue weighted by molar-refractivity contribution is -0.116. The molecule has 0 atom stereocenters. The third-order valence-electron chi connectivity index (χ3n) is 4.11. The van der Waals surface area contributed by atoms with Gasteiger partial charge in [-0.15, -0.1) is 0 Å². The number of aromatic nitrogens is 4. The van der Waals surface area contributed by atoms with Crippen LogP contribution >= 0.6 is 0 Å². The van der Waals surface area contributed by atoms with Crippen molar-refractivity contribution in [2.75, 3.05) is 12.4 Å². The van der Waals surface area contributed by atoms with Gasteiger partial charge in [-0.25, -0.2) is 19.1 Å². The number of carbonyl (C=O) groups is 2. The first-order valence-corrected chi connectivity index (χ1v) is 7.93. The molecule has 0 fully saturated rings. The number of aryl methyl sites for hydroxylation is 2. The van der Waals surface area contributed by atoms with E-state index in [4.69, 9.17) is 0 Å². The molecule has 10 heteroatoms. The molecule has 0 aliphatic carbocycles. The third-order valence-corrected chi connectivity index (χ3v) is 4.11. The van der Waals surface area contributed by atoms with Crippen molar-refractivity contribution in [3.8, 4) is 0 Å². The van der Waals surface area contributed by atoms with E-state index in [2.05, 4.69) is 15.0 Å². The monoisotopic (exact) mass is 371 g/mol. The molecule has 1 amide bonds. The molecule has 2 heterocycles. The number of methoxy groups -OCH3 is 1. The molecular weight excluding hydrogens is 354 g/mol. The number of hydrogen-bond donors (Lipinski definition) is 1. The van der Waals surface area contributed by atoms with E-state index < -0.39 is 29.7 Å². The highest BCUT2D eigenvalue weighted by atomic mass is 16.5. The molecule has 1 aromatic carbocycles. The number of amides is 1. The fourth-order valence-electron chi connectivity index (χ4n) is 2.75. The summed E-state index contributed by atoms with van der Waals surface area (Å²) in [4.78, 5) is 53.3. The number of nitrogens with one attached hydrogen (secondary N) is 1. The van der Waals surface area contributed by atoms with Gasteiger partial charge in [0.05, 0.1) is 24.7 Å². The number of ether oxygens (including phenoxy) is 1. The fraction of sp³-hybridized carbons (Fsp3) is 0.235. The predicted molar refractivity (Wildman–Crippen MR) is 96.6 cm³/mol. The molecule has 3 aromatic rings. The number of esters is 1. The van der Waals surface area contributed by atoms with Crippen LogP contribution in [-0.4, -0.2) is 37.7 Å². The maximum Gasteiger partial charge on any atom is 0.339 e. The van der Waals surface area contributed by atoms with Crippen molar-refractivity contribution in [3.63, 3.8) is 0 Å². The maximum absolute atomic E-state index is 12.6. The van der Waals surface area contributed by atoms with Crippen LogP contribution in [0.5, 0.6) is 0 Å². The highest BCUT2D eigenvalue weighted by molar-refractivity contribution is 6.01. The van der Waals surface area contributed by atoms with Gasteiger partial charge in [0.1, 0.15) is 6.54 Å². The van der Waals surface area contributed by atoms with Crippen LogP contribution in [0.2, 0.25) is 0 Å². The second-order valence-electron chi connectivity index (χ2n) is 5.85. The Bertz CT molecular complexity index is 1170. The Morgan fingerprint density at radius 2 is 1.89 bits per heavy atom. The maximum atomic E-state index is 12.6. The van der Waals surface area contributed by atoms with E-state index in [9.17, 15) is 19.2 Å². The van der Waals surface area contributed by atoms with E-state index >= 15 is 0 Å². The quantitative estimate of drug-likeness (QED) is 0.638. The van der Waals surface area contributed by atoms with Crippen LogP contribution in [0.15, 0.2) is 40.2 Å². The lowest BCUT2D eigenvalue weighted by Gasteiger charge is -2.11. The normalized spacial score (nSPS) is 10.8. The molecule has 0 aliphatic heterocycles. The molecule has 0 aliphatic rings. The Morgan fingerprint density at radius 3 is 2.59 bits per heavy atom. The number of anilines is 1. The van der Waals surface area contributed by atoms with Gasteiger partial charge in [0.15, 0.2) is 11.2 Å². The minimum absolute atomic E-state index is 0.163. The Balaban J connectivity index is 1.97. The van der Waals surface area contributed by atoms with Gasteiger partial charge in [-0.05, 0) is 12.1 Å². The Hall–Kier alpha value is -3.69. The fourth-order valence-corrected chi connectivity index (χ4v) is 2.75. The van der Waals surface area contributed by atoms with Crippen LogP contribution in [0.25, 0.3) is 11.2 Å². The summed E-state index contributed by atoms with van der Waals surface area (Å²) in [7, 11) is 4.32. The second kappa shape index (κ2) is 6.90. The zero-order chi connectivity index (χ0) is 19.7. The zero-order valence-electron chi connectivity index (χ0n) is 14.9. The van der Waals surface area contributed by atoms with Crippen LogP contribution in [0.1, 0.15) is 10.4 Å². The van der Waals surface area contributed by atoms with Gasteiger partial charge >= 0.3 is 11.7 Å². The number of hydrogen-bond acceptors (Lipinski definition) is 6. The summed E-state index contributed by atoms with van der Waals surface area (Å²) in [5.74, 6) is -1.25. The van der Waals surface area contributed by atoms with Crippen molar-refractivity contribution >= 4 is 28.7 Å². The van der Waals surface area contributed by atoms with Crippen molar-refractivity contribution in [2.24, 2.45) is 14.1 Å². The van der Waals surface area contributed by atoms with E-state index in [0.29, 0.717) is 0 Å². The molecule has 2 aromatic heterocycles. The Labute approximate surface area is 152 Å². The first kappa shape index (κ1) is 18.1. The van der Waals surface area contributed by atoms with Gasteiger partial charge in [-0.3, -0.25) is 14.2 Å². The lowest BCUT2D eigenvalue weighted by atomic mass is 10.2. The lowest BCUT2D eigenvalue weighted by Crippen LogP contribution is -2.42. The number of benzene rings is 1. The van der Waals surface area contributed by atoms with E-state index in [-0.39, 0.29) is 22.4 Å². The van der Waals surface area contributed by atoms with Crippen molar-refractivity contribution in [1.29, 1.82) is 0 Å². The predicted octanol–water partition coefficient (Wildman–Crippen LogP) is -0.141. The molecule has 0 radical (unpaired) electrons. The van der Waals surface area contributed by atoms with Gasteiger partial charge in [-0.1, -0.05) is 12.1 Å². The van der Waals surface area contributed by atoms with Gasteiger partial charge in [-0.2, -0.15) is 0 Å². The smallest absolute Gasteiger partial charge is 0.339 e. The molecule has 1 N–H and O–H groups in total. The van der Waals surface area contributed by atoms with E-state index in [1.54, 1.807) is 19.2 Å². The Kier molecular flexibility index (Phi) is 4.63. The standard InChI is InChI=1S/C17H17N5O5/c1-20-9-18-14-13(20)15(24)22(17(26)21(14)2)8-12(23)19-11-7-5-4-6-10(11)16(25)27-3/h4-7,9H,8H2,1-3H3,(H,19,23). The molecule has 0 saturated carbocycles. The van der Waals surface area contributed by atoms with Crippen molar-refractivity contribution in [1.82, 2.24) is 18.7 Å². The molecule has 3 rings (SSSR count). The van der Waals surface area contributed by atoms with Crippen LogP contribution < -0.4 is 16.6 Å². The van der Waals surface area contributed by atoms with Crippen molar-refractivity contribution in [3.05, 3.63) is 57.0 Å². The number of para-hydroxylation sites is 1. The molecule has 0 unspecified atom stereocenters. The van der Waals surface area contributed by atoms with Gasteiger partial charge < -0.3 is 14.6 Å².